The molecule has 4 aromatic rings. The van der Waals surface area contributed by atoms with Crippen LogP contribution in [0.25, 0.3) is 33.6 Å². The van der Waals surface area contributed by atoms with Crippen molar-refractivity contribution in [2.75, 3.05) is 0 Å². The molecule has 8 heteroatoms. The zero-order valence-electron chi connectivity index (χ0n) is 24.3. The zero-order chi connectivity index (χ0) is 28.8. The summed E-state index contributed by atoms with van der Waals surface area (Å²) in [5, 5.41) is 7.69. The molecule has 0 aliphatic heterocycles. The Morgan fingerprint density at radius 2 is 1.80 bits per heavy atom. The lowest BCUT2D eigenvalue weighted by Gasteiger charge is -2.54. The molecular weight excluding hydrogens is 512 g/mol. The number of amides is 1. The number of alkyl carbamates (subject to hydrolysis) is 1. The minimum atomic E-state index is -0.569. The normalized spacial score (nSPS) is 18.2. The molecule has 1 N–H and O–H groups in total. The number of allylic oxidation sites excluding steroid dienone is 4. The highest BCUT2D eigenvalue weighted by molar-refractivity contribution is 5.84. The second-order valence-electron chi connectivity index (χ2n) is 12.8. The summed E-state index contributed by atoms with van der Waals surface area (Å²) in [6.45, 7) is 10.1. The van der Waals surface area contributed by atoms with Crippen LogP contribution in [0.2, 0.25) is 0 Å². The van der Waals surface area contributed by atoms with Gasteiger partial charge in [-0.2, -0.15) is 9.61 Å². The Labute approximate surface area is 240 Å². The molecule has 3 aromatic heterocycles. The molecule has 2 aliphatic rings. The lowest BCUT2D eigenvalue weighted by Crippen LogP contribution is -2.61. The number of aromatic nitrogens is 5. The maximum Gasteiger partial charge on any atom is 0.408 e. The lowest BCUT2D eigenvalue weighted by molar-refractivity contribution is 0.0204. The molecule has 1 amide bonds. The first-order valence-corrected chi connectivity index (χ1v) is 14.2. The van der Waals surface area contributed by atoms with Crippen molar-refractivity contribution in [2.24, 2.45) is 5.41 Å². The number of hydrogen-bond acceptors (Lipinski definition) is 6. The molecule has 0 bridgehead atoms. The van der Waals surface area contributed by atoms with Crippen molar-refractivity contribution in [1.82, 2.24) is 29.9 Å². The van der Waals surface area contributed by atoms with Crippen LogP contribution < -0.4 is 5.32 Å². The fraction of sp³-hybridized carbons (Fsp3) is 0.364. The highest BCUT2D eigenvalue weighted by Gasteiger charge is 2.52. The van der Waals surface area contributed by atoms with Crippen molar-refractivity contribution >= 4 is 28.5 Å². The molecule has 0 radical (unpaired) electrons. The van der Waals surface area contributed by atoms with Crippen molar-refractivity contribution in [3.05, 3.63) is 84.4 Å². The van der Waals surface area contributed by atoms with Crippen LogP contribution in [0.3, 0.4) is 0 Å². The maximum atomic E-state index is 12.9. The summed E-state index contributed by atoms with van der Waals surface area (Å²) in [6, 6.07) is 12.0. The molecule has 1 aromatic carbocycles. The smallest absolute Gasteiger partial charge is 0.408 e. The van der Waals surface area contributed by atoms with Gasteiger partial charge in [-0.1, -0.05) is 68.5 Å². The Bertz CT molecular complexity index is 1720. The molecule has 0 atom stereocenters. The van der Waals surface area contributed by atoms with Crippen molar-refractivity contribution in [2.45, 2.75) is 71.4 Å². The molecule has 0 unspecified atom stereocenters. The molecular formula is C33H36N6O2. The lowest BCUT2D eigenvalue weighted by atomic mass is 9.56. The van der Waals surface area contributed by atoms with Gasteiger partial charge in [0.25, 0.3) is 0 Å². The maximum absolute atomic E-state index is 12.9. The molecule has 2 aliphatic carbocycles. The fourth-order valence-electron chi connectivity index (χ4n) is 6.13. The molecule has 0 saturated heterocycles. The van der Waals surface area contributed by atoms with Gasteiger partial charge < -0.3 is 10.1 Å². The van der Waals surface area contributed by atoms with E-state index in [0.29, 0.717) is 11.2 Å². The molecule has 210 valence electrons. The van der Waals surface area contributed by atoms with Crippen LogP contribution in [0, 0.1) is 5.41 Å². The second-order valence-corrected chi connectivity index (χ2v) is 12.8. The van der Waals surface area contributed by atoms with Gasteiger partial charge in [-0.15, -0.1) is 0 Å². The van der Waals surface area contributed by atoms with Gasteiger partial charge in [0, 0.05) is 11.6 Å². The van der Waals surface area contributed by atoms with E-state index in [0.717, 1.165) is 59.4 Å². The number of fused-ring (bicyclic) bond motifs is 3. The predicted molar refractivity (Wildman–Crippen MR) is 161 cm³/mol. The molecule has 1 saturated carbocycles. The van der Waals surface area contributed by atoms with E-state index < -0.39 is 17.2 Å². The quantitative estimate of drug-likeness (QED) is 0.293. The Kier molecular flexibility index (Phi) is 6.52. The fourth-order valence-corrected chi connectivity index (χ4v) is 6.13. The summed E-state index contributed by atoms with van der Waals surface area (Å²) in [5.41, 5.74) is 5.89. The third-order valence-corrected chi connectivity index (χ3v) is 7.59. The van der Waals surface area contributed by atoms with Gasteiger partial charge in [0.1, 0.15) is 11.1 Å². The average molecular weight is 549 g/mol. The van der Waals surface area contributed by atoms with E-state index in [4.69, 9.17) is 14.7 Å². The van der Waals surface area contributed by atoms with Crippen LogP contribution in [0.15, 0.2) is 78.7 Å². The van der Waals surface area contributed by atoms with Gasteiger partial charge in [0.05, 0.1) is 29.3 Å². The van der Waals surface area contributed by atoms with Crippen molar-refractivity contribution < 1.29 is 9.53 Å². The first-order chi connectivity index (χ1) is 19.5. The van der Waals surface area contributed by atoms with E-state index in [1.54, 1.807) is 16.9 Å². The Hall–Kier alpha value is -4.33. The van der Waals surface area contributed by atoms with Crippen molar-refractivity contribution in [3.8, 4) is 11.3 Å². The summed E-state index contributed by atoms with van der Waals surface area (Å²) in [5.74, 6) is 0. The average Bonchev–Trinajstić information content (AvgIpc) is 3.36. The highest BCUT2D eigenvalue weighted by atomic mass is 16.6. The first-order valence-electron chi connectivity index (χ1n) is 14.2. The minimum Gasteiger partial charge on any atom is -0.444 e. The molecule has 0 spiro atoms. The van der Waals surface area contributed by atoms with Gasteiger partial charge in [-0.25, -0.2) is 19.7 Å². The van der Waals surface area contributed by atoms with Gasteiger partial charge >= 0.3 is 6.09 Å². The zero-order valence-corrected chi connectivity index (χ0v) is 24.3. The Balaban J connectivity index is 1.46. The molecule has 1 fully saturated rings. The summed E-state index contributed by atoms with van der Waals surface area (Å²) >= 11 is 0. The number of hydrogen-bond donors (Lipinski definition) is 1. The van der Waals surface area contributed by atoms with E-state index in [-0.39, 0.29) is 5.41 Å². The van der Waals surface area contributed by atoms with Crippen LogP contribution in [-0.2, 0) is 4.74 Å². The molecule has 41 heavy (non-hydrogen) atoms. The third kappa shape index (κ3) is 5.38. The number of carbonyl (C=O) groups is 1. The van der Waals surface area contributed by atoms with Crippen LogP contribution in [0.4, 0.5) is 4.79 Å². The Morgan fingerprint density at radius 3 is 2.54 bits per heavy atom. The number of benzene rings is 1. The second kappa shape index (κ2) is 9.94. The summed E-state index contributed by atoms with van der Waals surface area (Å²) in [7, 11) is 0. The van der Waals surface area contributed by atoms with E-state index in [1.807, 2.05) is 45.0 Å². The summed E-state index contributed by atoms with van der Waals surface area (Å²) in [6.07, 6.45) is 15.0. The largest absolute Gasteiger partial charge is 0.444 e. The van der Waals surface area contributed by atoms with Crippen molar-refractivity contribution in [3.63, 3.8) is 0 Å². The summed E-state index contributed by atoms with van der Waals surface area (Å²) in [4.78, 5) is 27.7. The summed E-state index contributed by atoms with van der Waals surface area (Å²) < 4.78 is 7.40. The number of carbonyl (C=O) groups excluding carboxylic acids is 1. The molecule has 8 nitrogen and oxygen atoms in total. The number of nitrogens with zero attached hydrogens (tertiary/aromatic N) is 5. The first kappa shape index (κ1) is 26.9. The van der Waals surface area contributed by atoms with Crippen molar-refractivity contribution in [1.29, 1.82) is 0 Å². The van der Waals surface area contributed by atoms with Gasteiger partial charge in [-0.05, 0) is 63.0 Å². The monoisotopic (exact) mass is 548 g/mol. The number of ether oxygens (including phenoxy) is 1. The third-order valence-electron chi connectivity index (χ3n) is 7.59. The minimum absolute atomic E-state index is 0.117. The van der Waals surface area contributed by atoms with E-state index in [1.165, 1.54) is 0 Å². The predicted octanol–water partition coefficient (Wildman–Crippen LogP) is 7.08. The highest BCUT2D eigenvalue weighted by Crippen LogP contribution is 2.52. The van der Waals surface area contributed by atoms with Gasteiger partial charge in [0.15, 0.2) is 11.3 Å². The van der Waals surface area contributed by atoms with Gasteiger partial charge in [0.2, 0.25) is 0 Å². The van der Waals surface area contributed by atoms with E-state index in [9.17, 15) is 4.79 Å². The van der Waals surface area contributed by atoms with Crippen LogP contribution in [-0.4, -0.2) is 41.8 Å². The topological polar surface area (TPSA) is 94.3 Å². The van der Waals surface area contributed by atoms with E-state index >= 15 is 0 Å². The molecule has 6 rings (SSSR count). The number of rotatable bonds is 4. The molecule has 3 heterocycles. The Morgan fingerprint density at radius 1 is 1.02 bits per heavy atom. The van der Waals surface area contributed by atoms with Crippen LogP contribution in [0.1, 0.15) is 66.0 Å². The van der Waals surface area contributed by atoms with Crippen LogP contribution in [0.5, 0.6) is 0 Å². The van der Waals surface area contributed by atoms with E-state index in [2.05, 4.69) is 65.7 Å². The SMILES string of the molecule is CC1(C)CC(NC(=O)OC(C)(C)C)(C2=CC=C(c3nc4c(cnc5ccnn54)nc3-c3ccccc3)CCC=C2)C1. The van der Waals surface area contributed by atoms with Crippen LogP contribution >= 0.6 is 0 Å². The van der Waals surface area contributed by atoms with Gasteiger partial charge in [-0.3, -0.25) is 0 Å². The number of nitrogens with one attached hydrogen (secondary N) is 1. The standard InChI is InChI=1S/C33H36N6O2/c1-31(2,3)41-30(40)38-33(20-32(4,5)21-33)24-14-10-9-13-23(15-16-24)28-27(22-11-7-6-8-12-22)36-25-19-34-26-17-18-35-39(26)29(25)37-28/h6-8,10-12,14-19H,9,13,20-21H2,1-5H3,(H,38,40).